The maximum absolute atomic E-state index is 13.1. The van der Waals surface area contributed by atoms with Gasteiger partial charge < -0.3 is 10.6 Å². The molecule has 8 heteroatoms. The minimum atomic E-state index is -3.77. The Morgan fingerprint density at radius 2 is 2.00 bits per heavy atom. The van der Waals surface area contributed by atoms with Crippen LogP contribution in [0.15, 0.2) is 53.7 Å². The van der Waals surface area contributed by atoms with Crippen molar-refractivity contribution in [3.05, 3.63) is 60.2 Å². The lowest BCUT2D eigenvalue weighted by Gasteiger charge is -2.25. The second-order valence-electron chi connectivity index (χ2n) is 7.61. The molecule has 4 rings (SSSR count). The Hall–Kier alpha value is -2.89. The van der Waals surface area contributed by atoms with Crippen molar-refractivity contribution < 1.29 is 8.42 Å². The Balaban J connectivity index is 1.81. The van der Waals surface area contributed by atoms with E-state index in [4.69, 9.17) is 6.57 Å². The van der Waals surface area contributed by atoms with Crippen LogP contribution >= 0.6 is 0 Å². The molecule has 1 saturated heterocycles. The van der Waals surface area contributed by atoms with E-state index >= 15 is 0 Å². The zero-order valence-electron chi connectivity index (χ0n) is 16.3. The van der Waals surface area contributed by atoms with Gasteiger partial charge in [0.05, 0.1) is 17.2 Å². The number of anilines is 1. The fraction of sp³-hybridized carbons (Fsp3) is 0.333. The Morgan fingerprint density at radius 3 is 2.69 bits per heavy atom. The van der Waals surface area contributed by atoms with Crippen LogP contribution in [-0.2, 0) is 10.0 Å². The normalized spacial score (nSPS) is 19.5. The van der Waals surface area contributed by atoms with E-state index in [2.05, 4.69) is 34.3 Å². The molecule has 7 nitrogen and oxygen atoms in total. The molecule has 29 heavy (non-hydrogen) atoms. The largest absolute Gasteiger partial charge is 0.389 e. The highest BCUT2D eigenvalue weighted by Gasteiger charge is 2.31. The molecule has 0 saturated carbocycles. The summed E-state index contributed by atoms with van der Waals surface area (Å²) in [5.74, 6) is 0.909. The van der Waals surface area contributed by atoms with Crippen molar-refractivity contribution >= 4 is 32.4 Å². The molecule has 1 fully saturated rings. The summed E-state index contributed by atoms with van der Waals surface area (Å²) >= 11 is 0. The lowest BCUT2D eigenvalue weighted by Crippen LogP contribution is -2.31. The molecule has 1 aliphatic heterocycles. The lowest BCUT2D eigenvalue weighted by molar-refractivity contribution is 0.395. The van der Waals surface area contributed by atoms with Crippen molar-refractivity contribution in [3.8, 4) is 0 Å². The van der Waals surface area contributed by atoms with Gasteiger partial charge in [0.1, 0.15) is 0 Å². The number of fused-ring (bicyclic) bond motifs is 1. The first-order chi connectivity index (χ1) is 13.9. The van der Waals surface area contributed by atoms with Crippen LogP contribution in [0.3, 0.4) is 0 Å². The molecule has 2 N–H and O–H groups in total. The SMILES string of the molecule is [C-]#[N+]c1cnc2c(ccn2S(=O)(=O)c2ccccc2)c1N[C@H]1CNC[C@H]1C(C)C. The van der Waals surface area contributed by atoms with Gasteiger partial charge in [-0.05, 0) is 30.0 Å². The van der Waals surface area contributed by atoms with Crippen molar-refractivity contribution in [1.29, 1.82) is 0 Å². The van der Waals surface area contributed by atoms with E-state index in [0.717, 1.165) is 13.1 Å². The summed E-state index contributed by atoms with van der Waals surface area (Å²) in [6, 6.07) is 10.2. The second kappa shape index (κ2) is 7.50. The van der Waals surface area contributed by atoms with Crippen molar-refractivity contribution in [2.75, 3.05) is 18.4 Å². The zero-order chi connectivity index (χ0) is 20.6. The molecule has 1 aliphatic rings. The first kappa shape index (κ1) is 19.4. The molecule has 0 radical (unpaired) electrons. The van der Waals surface area contributed by atoms with Gasteiger partial charge in [-0.3, -0.25) is 0 Å². The maximum Gasteiger partial charge on any atom is 0.269 e. The van der Waals surface area contributed by atoms with Crippen LogP contribution in [0, 0.1) is 18.4 Å². The number of nitrogens with one attached hydrogen (secondary N) is 2. The molecule has 0 amide bonds. The van der Waals surface area contributed by atoms with Crippen LogP contribution in [0.4, 0.5) is 11.4 Å². The van der Waals surface area contributed by atoms with Crippen molar-refractivity contribution in [2.24, 2.45) is 11.8 Å². The molecule has 3 heterocycles. The van der Waals surface area contributed by atoms with E-state index < -0.39 is 10.0 Å². The van der Waals surface area contributed by atoms with Crippen LogP contribution in [0.2, 0.25) is 0 Å². The van der Waals surface area contributed by atoms with E-state index in [0.29, 0.717) is 34.2 Å². The van der Waals surface area contributed by atoms with E-state index in [9.17, 15) is 8.42 Å². The first-order valence-electron chi connectivity index (χ1n) is 9.59. The van der Waals surface area contributed by atoms with Crippen LogP contribution in [0.1, 0.15) is 13.8 Å². The topological polar surface area (TPSA) is 80.4 Å². The van der Waals surface area contributed by atoms with Crippen molar-refractivity contribution in [1.82, 2.24) is 14.3 Å². The number of hydrogen-bond donors (Lipinski definition) is 2. The summed E-state index contributed by atoms with van der Waals surface area (Å²) in [6.45, 7) is 13.6. The third-order valence-electron chi connectivity index (χ3n) is 5.53. The van der Waals surface area contributed by atoms with Crippen LogP contribution in [0.5, 0.6) is 0 Å². The standard InChI is InChI=1S/C21H23N5O2S/c1-14(2)17-11-23-12-18(17)25-20-16-9-10-26(21(16)24-13-19(20)22-3)29(27,28)15-7-5-4-6-8-15/h4-10,13-14,17-18,23H,11-12H2,1-2H3,(H,24,25)/t17-,18-/m0/s1. The summed E-state index contributed by atoms with van der Waals surface area (Å²) in [5, 5.41) is 7.55. The van der Waals surface area contributed by atoms with Gasteiger partial charge in [-0.2, -0.15) is 0 Å². The number of nitrogens with zero attached hydrogens (tertiary/aromatic N) is 3. The smallest absolute Gasteiger partial charge is 0.269 e. The Labute approximate surface area is 170 Å². The fourth-order valence-electron chi connectivity index (χ4n) is 3.93. The van der Waals surface area contributed by atoms with E-state index in [1.807, 2.05) is 0 Å². The van der Waals surface area contributed by atoms with Crippen LogP contribution < -0.4 is 10.6 Å². The quantitative estimate of drug-likeness (QED) is 0.631. The summed E-state index contributed by atoms with van der Waals surface area (Å²) in [7, 11) is -3.77. The van der Waals surface area contributed by atoms with Crippen LogP contribution in [-0.4, -0.2) is 36.5 Å². The predicted molar refractivity (Wildman–Crippen MR) is 114 cm³/mol. The minimum Gasteiger partial charge on any atom is -0.389 e. The van der Waals surface area contributed by atoms with Crippen LogP contribution in [0.25, 0.3) is 15.9 Å². The van der Waals surface area contributed by atoms with Gasteiger partial charge in [-0.25, -0.2) is 22.2 Å². The number of hydrogen-bond acceptors (Lipinski definition) is 5. The first-order valence-corrected chi connectivity index (χ1v) is 11.0. The molecule has 0 aliphatic carbocycles. The summed E-state index contributed by atoms with van der Waals surface area (Å²) in [6.07, 6.45) is 2.95. The molecule has 2 atom stereocenters. The second-order valence-corrected chi connectivity index (χ2v) is 9.43. The van der Waals surface area contributed by atoms with E-state index in [1.54, 1.807) is 36.4 Å². The Bertz CT molecular complexity index is 1180. The minimum absolute atomic E-state index is 0.162. The highest BCUT2D eigenvalue weighted by atomic mass is 32.2. The average Bonchev–Trinajstić information content (AvgIpc) is 3.36. The molecule has 150 valence electrons. The summed E-state index contributed by atoms with van der Waals surface area (Å²) in [5.41, 5.74) is 1.35. The highest BCUT2D eigenvalue weighted by molar-refractivity contribution is 7.90. The molecule has 2 aromatic heterocycles. The van der Waals surface area contributed by atoms with Gasteiger partial charge in [-0.15, -0.1) is 0 Å². The molecule has 1 aromatic carbocycles. The number of rotatable bonds is 5. The predicted octanol–water partition coefficient (Wildman–Crippen LogP) is 3.48. The third-order valence-corrected chi connectivity index (χ3v) is 7.21. The lowest BCUT2D eigenvalue weighted by atomic mass is 9.91. The molecule has 0 bridgehead atoms. The Morgan fingerprint density at radius 1 is 1.24 bits per heavy atom. The monoisotopic (exact) mass is 409 g/mol. The van der Waals surface area contributed by atoms with Gasteiger partial charge in [0.2, 0.25) is 5.69 Å². The molecule has 3 aromatic rings. The molecular formula is C21H23N5O2S. The van der Waals surface area contributed by atoms with Gasteiger partial charge in [0, 0.05) is 36.9 Å². The van der Waals surface area contributed by atoms with Crippen molar-refractivity contribution in [3.63, 3.8) is 0 Å². The number of benzene rings is 1. The van der Waals surface area contributed by atoms with Gasteiger partial charge in [-0.1, -0.05) is 32.0 Å². The van der Waals surface area contributed by atoms with Gasteiger partial charge in [0.25, 0.3) is 10.0 Å². The summed E-state index contributed by atoms with van der Waals surface area (Å²) < 4.78 is 27.4. The third kappa shape index (κ3) is 3.37. The Kier molecular flexibility index (Phi) is 5.03. The fourth-order valence-corrected chi connectivity index (χ4v) is 5.25. The van der Waals surface area contributed by atoms with E-state index in [1.165, 1.54) is 16.4 Å². The number of pyridine rings is 1. The molecular weight excluding hydrogens is 386 g/mol. The summed E-state index contributed by atoms with van der Waals surface area (Å²) in [4.78, 5) is 8.11. The van der Waals surface area contributed by atoms with Gasteiger partial charge >= 0.3 is 0 Å². The van der Waals surface area contributed by atoms with Crippen molar-refractivity contribution in [2.45, 2.75) is 24.8 Å². The molecule has 0 unspecified atom stereocenters. The number of aromatic nitrogens is 2. The van der Waals surface area contributed by atoms with E-state index in [-0.39, 0.29) is 10.9 Å². The maximum atomic E-state index is 13.1. The highest BCUT2D eigenvalue weighted by Crippen LogP contribution is 2.36. The zero-order valence-corrected chi connectivity index (χ0v) is 17.1. The van der Waals surface area contributed by atoms with Gasteiger partial charge in [0.15, 0.2) is 5.65 Å². The average molecular weight is 410 g/mol. The molecule has 0 spiro atoms.